The summed E-state index contributed by atoms with van der Waals surface area (Å²) in [4.78, 5) is 2.54. The Morgan fingerprint density at radius 1 is 1.06 bits per heavy atom. The van der Waals surface area contributed by atoms with Crippen LogP contribution >= 0.6 is 0 Å². The lowest BCUT2D eigenvalue weighted by Gasteiger charge is -2.41. The third kappa shape index (κ3) is 6.49. The van der Waals surface area contributed by atoms with Gasteiger partial charge in [0.25, 0.3) is 0 Å². The lowest BCUT2D eigenvalue weighted by molar-refractivity contribution is 0.0313. The van der Waals surface area contributed by atoms with Crippen LogP contribution in [0.15, 0.2) is 0 Å². The van der Waals surface area contributed by atoms with E-state index < -0.39 is 0 Å². The van der Waals surface area contributed by atoms with Crippen LogP contribution in [0.5, 0.6) is 0 Å². The maximum absolute atomic E-state index is 5.27. The van der Waals surface area contributed by atoms with Gasteiger partial charge >= 0.3 is 0 Å². The summed E-state index contributed by atoms with van der Waals surface area (Å²) in [6, 6.07) is 0.479. The van der Waals surface area contributed by atoms with Gasteiger partial charge in [0.15, 0.2) is 0 Å². The summed E-state index contributed by atoms with van der Waals surface area (Å²) in [6.07, 6.45) is 1.22. The van der Waals surface area contributed by atoms with E-state index in [1.807, 2.05) is 0 Å². The fourth-order valence-electron chi connectivity index (χ4n) is 2.00. The first-order valence-electron chi connectivity index (χ1n) is 6.33. The number of nitrogens with zero attached hydrogens (tertiary/aromatic N) is 1. The zero-order chi connectivity index (χ0) is 13.0. The Labute approximate surface area is 102 Å². The van der Waals surface area contributed by atoms with Crippen LogP contribution in [0.1, 0.15) is 54.9 Å². The van der Waals surface area contributed by atoms with Gasteiger partial charge in [-0.15, -0.1) is 0 Å². The smallest absolute Gasteiger partial charge is 0.0615 e. The maximum Gasteiger partial charge on any atom is 0.0615 e. The van der Waals surface area contributed by atoms with Gasteiger partial charge in [0.1, 0.15) is 0 Å². The van der Waals surface area contributed by atoms with Gasteiger partial charge in [0, 0.05) is 18.7 Å². The van der Waals surface area contributed by atoms with Gasteiger partial charge in [-0.1, -0.05) is 20.8 Å². The molecule has 98 valence electrons. The summed E-state index contributed by atoms with van der Waals surface area (Å²) in [5.41, 5.74) is 0.611. The molecule has 0 saturated carbocycles. The number of methoxy groups -OCH3 is 1. The molecule has 0 aliphatic heterocycles. The molecule has 0 aromatic rings. The van der Waals surface area contributed by atoms with Crippen molar-refractivity contribution < 1.29 is 4.74 Å². The second kappa shape index (κ2) is 6.02. The molecule has 0 aliphatic carbocycles. The number of ether oxygens (including phenoxy) is 1. The lowest BCUT2D eigenvalue weighted by Crippen LogP contribution is -2.49. The van der Waals surface area contributed by atoms with E-state index in [2.05, 4.69) is 53.4 Å². The highest BCUT2D eigenvalue weighted by Crippen LogP contribution is 2.24. The van der Waals surface area contributed by atoms with Crippen molar-refractivity contribution in [2.24, 2.45) is 5.41 Å². The molecular formula is C14H31NO. The summed E-state index contributed by atoms with van der Waals surface area (Å²) < 4.78 is 5.27. The molecule has 0 fully saturated rings. The monoisotopic (exact) mass is 229 g/mol. The molecule has 0 bridgehead atoms. The fraction of sp³-hybridized carbons (Fsp3) is 1.00. The Morgan fingerprint density at radius 2 is 1.56 bits per heavy atom. The van der Waals surface area contributed by atoms with E-state index >= 15 is 0 Å². The van der Waals surface area contributed by atoms with E-state index in [0.29, 0.717) is 11.5 Å². The van der Waals surface area contributed by atoms with Crippen LogP contribution in [-0.2, 0) is 4.74 Å². The highest BCUT2D eigenvalue weighted by Gasteiger charge is 2.27. The van der Waals surface area contributed by atoms with Crippen molar-refractivity contribution in [1.29, 1.82) is 0 Å². The third-order valence-corrected chi connectivity index (χ3v) is 2.90. The summed E-state index contributed by atoms with van der Waals surface area (Å²) in [7, 11) is 1.78. The molecule has 1 atom stereocenters. The van der Waals surface area contributed by atoms with E-state index in [0.717, 1.165) is 13.2 Å². The highest BCUT2D eigenvalue weighted by molar-refractivity contribution is 4.82. The summed E-state index contributed by atoms with van der Waals surface area (Å²) in [5.74, 6) is 0. The molecule has 0 radical (unpaired) electrons. The van der Waals surface area contributed by atoms with Crippen LogP contribution < -0.4 is 0 Å². The lowest BCUT2D eigenvalue weighted by atomic mass is 9.90. The fourth-order valence-corrected chi connectivity index (χ4v) is 2.00. The second-order valence-corrected chi connectivity index (χ2v) is 6.98. The van der Waals surface area contributed by atoms with E-state index in [4.69, 9.17) is 4.74 Å². The first-order valence-corrected chi connectivity index (χ1v) is 6.33. The van der Waals surface area contributed by atoms with Crippen molar-refractivity contribution >= 4 is 0 Å². The van der Waals surface area contributed by atoms with Crippen LogP contribution in [-0.4, -0.2) is 36.7 Å². The van der Waals surface area contributed by atoms with Crippen LogP contribution in [0.25, 0.3) is 0 Å². The Hall–Kier alpha value is -0.0800. The van der Waals surface area contributed by atoms with Crippen LogP contribution in [0, 0.1) is 5.41 Å². The first-order chi connectivity index (χ1) is 7.08. The van der Waals surface area contributed by atoms with E-state index in [1.54, 1.807) is 7.11 Å². The first kappa shape index (κ1) is 15.9. The van der Waals surface area contributed by atoms with Crippen molar-refractivity contribution in [2.75, 3.05) is 20.3 Å². The molecule has 2 heteroatoms. The molecule has 0 N–H and O–H groups in total. The normalized spacial score (nSPS) is 15.6. The average molecular weight is 229 g/mol. The van der Waals surface area contributed by atoms with Crippen molar-refractivity contribution in [2.45, 2.75) is 66.5 Å². The van der Waals surface area contributed by atoms with Crippen molar-refractivity contribution in [3.63, 3.8) is 0 Å². The molecule has 0 saturated heterocycles. The van der Waals surface area contributed by atoms with Crippen molar-refractivity contribution in [1.82, 2.24) is 4.90 Å². The molecule has 0 aliphatic rings. The van der Waals surface area contributed by atoms with Gasteiger partial charge in [-0.2, -0.15) is 0 Å². The molecule has 0 rings (SSSR count). The molecule has 0 amide bonds. The van der Waals surface area contributed by atoms with Crippen LogP contribution in [0.4, 0.5) is 0 Å². The Balaban J connectivity index is 4.45. The second-order valence-electron chi connectivity index (χ2n) is 6.98. The molecule has 0 aromatic carbocycles. The summed E-state index contributed by atoms with van der Waals surface area (Å²) in [6.45, 7) is 17.9. The third-order valence-electron chi connectivity index (χ3n) is 2.90. The molecule has 0 aromatic heterocycles. The zero-order valence-corrected chi connectivity index (χ0v) is 12.6. The van der Waals surface area contributed by atoms with Crippen LogP contribution in [0.2, 0.25) is 0 Å². The predicted molar refractivity (Wildman–Crippen MR) is 71.9 cm³/mol. The maximum atomic E-state index is 5.27. The minimum Gasteiger partial charge on any atom is -0.383 e. The van der Waals surface area contributed by atoms with Gasteiger partial charge in [-0.3, -0.25) is 4.90 Å². The van der Waals surface area contributed by atoms with Gasteiger partial charge in [-0.25, -0.2) is 0 Å². The topological polar surface area (TPSA) is 12.5 Å². The van der Waals surface area contributed by atoms with Crippen LogP contribution in [0.3, 0.4) is 0 Å². The molecular weight excluding hydrogens is 198 g/mol. The van der Waals surface area contributed by atoms with Gasteiger partial charge in [-0.05, 0) is 46.1 Å². The SMILES string of the molecule is COCC(C)N(CCC(C)(C)C)C(C)(C)C. The number of rotatable bonds is 5. The minimum atomic E-state index is 0.212. The number of hydrogen-bond donors (Lipinski definition) is 0. The molecule has 0 heterocycles. The van der Waals surface area contributed by atoms with Crippen molar-refractivity contribution in [3.05, 3.63) is 0 Å². The molecule has 16 heavy (non-hydrogen) atoms. The Morgan fingerprint density at radius 3 is 1.88 bits per heavy atom. The van der Waals surface area contributed by atoms with E-state index in [-0.39, 0.29) is 5.54 Å². The average Bonchev–Trinajstić information content (AvgIpc) is 1.99. The van der Waals surface area contributed by atoms with Gasteiger partial charge in [0.2, 0.25) is 0 Å². The minimum absolute atomic E-state index is 0.212. The molecule has 0 spiro atoms. The quantitative estimate of drug-likeness (QED) is 0.715. The zero-order valence-electron chi connectivity index (χ0n) is 12.6. The number of hydrogen-bond acceptors (Lipinski definition) is 2. The Bertz CT molecular complexity index is 188. The van der Waals surface area contributed by atoms with Gasteiger partial charge < -0.3 is 4.74 Å². The van der Waals surface area contributed by atoms with Crippen molar-refractivity contribution in [3.8, 4) is 0 Å². The Kier molecular flexibility index (Phi) is 5.99. The molecule has 1 unspecified atom stereocenters. The largest absolute Gasteiger partial charge is 0.383 e. The standard InChI is InChI=1S/C14H31NO/c1-12(11-16-8)15(14(5,6)7)10-9-13(2,3)4/h12H,9-11H2,1-8H3. The van der Waals surface area contributed by atoms with E-state index in [9.17, 15) is 0 Å². The van der Waals surface area contributed by atoms with Gasteiger partial charge in [0.05, 0.1) is 6.61 Å². The van der Waals surface area contributed by atoms with E-state index in [1.165, 1.54) is 6.42 Å². The summed E-state index contributed by atoms with van der Waals surface area (Å²) >= 11 is 0. The predicted octanol–water partition coefficient (Wildman–Crippen LogP) is 3.56. The highest BCUT2D eigenvalue weighted by atomic mass is 16.5. The summed E-state index contributed by atoms with van der Waals surface area (Å²) in [5, 5.41) is 0. The molecule has 2 nitrogen and oxygen atoms in total.